The Morgan fingerprint density at radius 2 is 1.89 bits per heavy atom. The SMILES string of the molecule is CNC(=O)c1ccc(OC2=NOC(C)C2)cn1.FC(F)(F)Oc1ccccc1. The Labute approximate surface area is 159 Å². The summed E-state index contributed by atoms with van der Waals surface area (Å²) in [6.07, 6.45) is -2.43. The molecule has 0 saturated carbocycles. The summed E-state index contributed by atoms with van der Waals surface area (Å²) in [6, 6.07) is 10.3. The lowest BCUT2D eigenvalue weighted by Crippen LogP contribution is -2.19. The molecule has 2 aromatic rings. The van der Waals surface area contributed by atoms with Gasteiger partial charge in [-0.05, 0) is 31.2 Å². The van der Waals surface area contributed by atoms with Crippen LogP contribution in [-0.2, 0) is 4.84 Å². The van der Waals surface area contributed by atoms with Gasteiger partial charge in [-0.2, -0.15) is 0 Å². The minimum atomic E-state index is -4.60. The number of alkyl halides is 3. The van der Waals surface area contributed by atoms with E-state index in [1.807, 2.05) is 6.92 Å². The van der Waals surface area contributed by atoms with Gasteiger partial charge in [0.1, 0.15) is 23.3 Å². The maximum Gasteiger partial charge on any atom is 0.573 e. The van der Waals surface area contributed by atoms with E-state index in [4.69, 9.17) is 9.57 Å². The van der Waals surface area contributed by atoms with Crippen molar-refractivity contribution in [1.82, 2.24) is 10.3 Å². The Kier molecular flexibility index (Phi) is 7.19. The number of hydrogen-bond acceptors (Lipinski definition) is 6. The third-order valence-electron chi connectivity index (χ3n) is 3.21. The van der Waals surface area contributed by atoms with E-state index in [0.29, 0.717) is 23.8 Å². The van der Waals surface area contributed by atoms with Crippen LogP contribution in [0.5, 0.6) is 11.5 Å². The molecule has 2 heterocycles. The van der Waals surface area contributed by atoms with E-state index in [-0.39, 0.29) is 17.8 Å². The van der Waals surface area contributed by atoms with Crippen LogP contribution in [-0.4, -0.2) is 36.3 Å². The summed E-state index contributed by atoms with van der Waals surface area (Å²) < 4.78 is 43.6. The molecule has 150 valence electrons. The largest absolute Gasteiger partial charge is 0.573 e. The van der Waals surface area contributed by atoms with Crippen molar-refractivity contribution in [2.75, 3.05) is 7.05 Å². The van der Waals surface area contributed by atoms with Gasteiger partial charge in [0.05, 0.1) is 12.6 Å². The predicted molar refractivity (Wildman–Crippen MR) is 94.0 cm³/mol. The number of amides is 1. The van der Waals surface area contributed by atoms with Gasteiger partial charge in [0.15, 0.2) is 0 Å². The van der Waals surface area contributed by atoms with Crippen LogP contribution in [0.4, 0.5) is 13.2 Å². The monoisotopic (exact) mass is 397 g/mol. The average Bonchev–Trinajstić information content (AvgIpc) is 3.06. The molecule has 0 fully saturated rings. The molecule has 0 spiro atoms. The first kappa shape index (κ1) is 21.0. The summed E-state index contributed by atoms with van der Waals surface area (Å²) in [5.74, 6) is 0.632. The highest BCUT2D eigenvalue weighted by atomic mass is 19.4. The number of para-hydroxylation sites is 1. The maximum atomic E-state index is 11.5. The van der Waals surface area contributed by atoms with Gasteiger partial charge in [-0.15, -0.1) is 13.2 Å². The summed E-state index contributed by atoms with van der Waals surface area (Å²) in [4.78, 5) is 20.2. The lowest BCUT2D eigenvalue weighted by Gasteiger charge is -2.07. The van der Waals surface area contributed by atoms with Crippen LogP contribution in [0.15, 0.2) is 53.8 Å². The molecule has 0 aliphatic carbocycles. The molecule has 1 atom stereocenters. The van der Waals surface area contributed by atoms with Gasteiger partial charge in [0.25, 0.3) is 5.91 Å². The summed E-state index contributed by atoms with van der Waals surface area (Å²) >= 11 is 0. The van der Waals surface area contributed by atoms with Gasteiger partial charge in [0, 0.05) is 7.05 Å². The summed E-state index contributed by atoms with van der Waals surface area (Å²) in [5.41, 5.74) is 0.345. The second kappa shape index (κ2) is 9.58. The van der Waals surface area contributed by atoms with Gasteiger partial charge in [0.2, 0.25) is 5.90 Å². The number of nitrogens with one attached hydrogen (secondary N) is 1. The normalized spacial score (nSPS) is 15.5. The zero-order valence-corrected chi connectivity index (χ0v) is 15.1. The number of ether oxygens (including phenoxy) is 2. The zero-order chi connectivity index (χ0) is 20.6. The summed E-state index contributed by atoms with van der Waals surface area (Å²) in [5, 5.41) is 6.27. The van der Waals surface area contributed by atoms with E-state index in [1.165, 1.54) is 30.5 Å². The van der Waals surface area contributed by atoms with Crippen LogP contribution >= 0.6 is 0 Å². The van der Waals surface area contributed by atoms with Crippen molar-refractivity contribution in [3.63, 3.8) is 0 Å². The van der Waals surface area contributed by atoms with E-state index in [2.05, 4.69) is 20.2 Å². The van der Waals surface area contributed by atoms with Crippen molar-refractivity contribution in [2.45, 2.75) is 25.8 Å². The van der Waals surface area contributed by atoms with E-state index in [1.54, 1.807) is 25.2 Å². The number of oxime groups is 1. The number of pyridine rings is 1. The van der Waals surface area contributed by atoms with E-state index < -0.39 is 6.36 Å². The molecule has 1 unspecified atom stereocenters. The summed E-state index contributed by atoms with van der Waals surface area (Å²) in [7, 11) is 1.56. The molecule has 10 heteroatoms. The average molecular weight is 397 g/mol. The molecule has 7 nitrogen and oxygen atoms in total. The third kappa shape index (κ3) is 7.14. The molecule has 3 rings (SSSR count). The van der Waals surface area contributed by atoms with E-state index in [0.717, 1.165) is 0 Å². The number of nitrogens with zero attached hydrogens (tertiary/aromatic N) is 2. The molecule has 1 aromatic heterocycles. The number of carbonyl (C=O) groups is 1. The molecular weight excluding hydrogens is 379 g/mol. The van der Waals surface area contributed by atoms with Gasteiger partial charge in [-0.25, -0.2) is 4.98 Å². The predicted octanol–water partition coefficient (Wildman–Crippen LogP) is 3.53. The third-order valence-corrected chi connectivity index (χ3v) is 3.21. The molecule has 1 N–H and O–H groups in total. The maximum absolute atomic E-state index is 11.5. The Morgan fingerprint density at radius 3 is 2.39 bits per heavy atom. The van der Waals surface area contributed by atoms with Gasteiger partial charge >= 0.3 is 6.36 Å². The Balaban J connectivity index is 0.000000221. The molecule has 1 amide bonds. The molecule has 0 bridgehead atoms. The van der Waals surface area contributed by atoms with Crippen LogP contribution < -0.4 is 14.8 Å². The molecule has 1 aliphatic rings. The highest BCUT2D eigenvalue weighted by molar-refractivity contribution is 5.92. The minimum absolute atomic E-state index is 0.0445. The van der Waals surface area contributed by atoms with E-state index in [9.17, 15) is 18.0 Å². The highest BCUT2D eigenvalue weighted by Crippen LogP contribution is 2.21. The fourth-order valence-corrected chi connectivity index (χ4v) is 1.99. The van der Waals surface area contributed by atoms with Gasteiger partial charge in [-0.1, -0.05) is 23.4 Å². The van der Waals surface area contributed by atoms with Crippen molar-refractivity contribution in [1.29, 1.82) is 0 Å². The van der Waals surface area contributed by atoms with Gasteiger partial charge < -0.3 is 19.6 Å². The zero-order valence-electron chi connectivity index (χ0n) is 15.1. The number of hydrogen-bond donors (Lipinski definition) is 1. The lowest BCUT2D eigenvalue weighted by molar-refractivity contribution is -0.274. The van der Waals surface area contributed by atoms with Crippen molar-refractivity contribution in [2.24, 2.45) is 5.16 Å². The number of aromatic nitrogens is 1. The molecular formula is C18H18F3N3O4. The number of halogens is 3. The van der Waals surface area contributed by atoms with Crippen LogP contribution in [0.2, 0.25) is 0 Å². The first-order valence-corrected chi connectivity index (χ1v) is 8.16. The fourth-order valence-electron chi connectivity index (χ4n) is 1.99. The van der Waals surface area contributed by atoms with Crippen molar-refractivity contribution in [3.8, 4) is 11.5 Å². The lowest BCUT2D eigenvalue weighted by atomic mass is 10.3. The number of carbonyl (C=O) groups excluding carboxylic acids is 1. The van der Waals surface area contributed by atoms with Crippen LogP contribution in [0.3, 0.4) is 0 Å². The second-order valence-corrected chi connectivity index (χ2v) is 5.53. The summed E-state index contributed by atoms with van der Waals surface area (Å²) in [6.45, 7) is 1.91. The molecule has 0 saturated heterocycles. The van der Waals surface area contributed by atoms with E-state index >= 15 is 0 Å². The highest BCUT2D eigenvalue weighted by Gasteiger charge is 2.30. The fraction of sp³-hybridized carbons (Fsp3) is 0.278. The van der Waals surface area contributed by atoms with Crippen molar-refractivity contribution >= 4 is 11.8 Å². The molecule has 1 aliphatic heterocycles. The number of rotatable bonds is 3. The van der Waals surface area contributed by atoms with Crippen LogP contribution in [0.1, 0.15) is 23.8 Å². The Morgan fingerprint density at radius 1 is 1.18 bits per heavy atom. The Bertz CT molecular complexity index is 796. The number of benzene rings is 1. The van der Waals surface area contributed by atoms with Crippen molar-refractivity contribution in [3.05, 3.63) is 54.4 Å². The smallest absolute Gasteiger partial charge is 0.438 e. The standard InChI is InChI=1S/C11H13N3O3.C7H5F3O/c1-7-5-10(14-17-7)16-8-3-4-9(13-6-8)11(15)12-2;8-7(9,10)11-6-4-2-1-3-5-6/h3-4,6-7H,5H2,1-2H3,(H,12,15);1-5H. The molecule has 0 radical (unpaired) electrons. The quantitative estimate of drug-likeness (QED) is 0.857. The first-order valence-electron chi connectivity index (χ1n) is 8.16. The van der Waals surface area contributed by atoms with Crippen molar-refractivity contribution < 1.29 is 32.3 Å². The topological polar surface area (TPSA) is 82.0 Å². The van der Waals surface area contributed by atoms with Crippen LogP contribution in [0, 0.1) is 0 Å². The van der Waals surface area contributed by atoms with Crippen LogP contribution in [0.25, 0.3) is 0 Å². The minimum Gasteiger partial charge on any atom is -0.438 e. The first-order chi connectivity index (χ1) is 13.3. The Hall–Kier alpha value is -3.30. The van der Waals surface area contributed by atoms with Gasteiger partial charge in [-0.3, -0.25) is 4.79 Å². The molecule has 28 heavy (non-hydrogen) atoms. The second-order valence-electron chi connectivity index (χ2n) is 5.53. The molecule has 1 aromatic carbocycles.